The Kier molecular flexibility index (Phi) is 5.43. The number of hydrogen-bond donors (Lipinski definition) is 0. The maximum atomic E-state index is 2.45. The number of fused-ring (bicyclic) bond motifs is 2. The molecule has 0 saturated carbocycles. The molecule has 21 heavy (non-hydrogen) atoms. The average molecular weight is 371 g/mol. The average Bonchev–Trinajstić information content (AvgIpc) is 3.05. The first kappa shape index (κ1) is 16.5. The Morgan fingerprint density at radius 1 is 0.667 bits per heavy atom. The summed E-state index contributed by atoms with van der Waals surface area (Å²) in [7, 11) is 0. The minimum Gasteiger partial charge on any atom is -1.00 e. The molecule has 0 bridgehead atoms. The van der Waals surface area contributed by atoms with Crippen LogP contribution in [0.15, 0.2) is 60.7 Å². The second-order valence-corrected chi connectivity index (χ2v) is 5.22. The van der Waals surface area contributed by atoms with E-state index in [1.165, 1.54) is 22.3 Å². The van der Waals surface area contributed by atoms with Crippen LogP contribution in [0.25, 0.3) is 12.2 Å². The van der Waals surface area contributed by atoms with Gasteiger partial charge in [-0.3, -0.25) is 0 Å². The van der Waals surface area contributed by atoms with E-state index in [1.54, 1.807) is 0 Å². The van der Waals surface area contributed by atoms with Crippen LogP contribution in [0, 0.1) is 6.42 Å². The van der Waals surface area contributed by atoms with E-state index in [0.717, 1.165) is 0 Å². The van der Waals surface area contributed by atoms with Crippen molar-refractivity contribution in [2.75, 3.05) is 0 Å². The number of hydrogen-bond acceptors (Lipinski definition) is 0. The summed E-state index contributed by atoms with van der Waals surface area (Å²) in [6.45, 7) is 0. The van der Waals surface area contributed by atoms with Crippen LogP contribution in [0.1, 0.15) is 34.1 Å². The van der Waals surface area contributed by atoms with Gasteiger partial charge in [-0.05, 0) is 11.1 Å². The van der Waals surface area contributed by atoms with Gasteiger partial charge < -0.3 is 23.4 Å². The Morgan fingerprint density at radius 3 is 1.57 bits per heavy atom. The van der Waals surface area contributed by atoms with Crippen molar-refractivity contribution >= 4 is 12.2 Å². The monoisotopic (exact) mass is 370 g/mol. The Bertz CT molecular complexity index is 628. The summed E-state index contributed by atoms with van der Waals surface area (Å²) >= 11 is 0. The molecule has 0 heterocycles. The van der Waals surface area contributed by atoms with E-state index in [0.29, 0.717) is 11.8 Å². The first-order valence-corrected chi connectivity index (χ1v) is 6.81. The molecule has 0 radical (unpaired) electrons. The topological polar surface area (TPSA) is 0 Å². The zero-order valence-electron chi connectivity index (χ0n) is 11.5. The SMILES string of the molecule is C1=CC([CH-]C2C=Cc3ccccc32)c2ccccc21.[Br-].[Ti+2]. The second-order valence-electron chi connectivity index (χ2n) is 5.22. The van der Waals surface area contributed by atoms with Gasteiger partial charge in [0.05, 0.1) is 0 Å². The molecule has 0 fully saturated rings. The number of rotatable bonds is 2. The molecule has 2 aliphatic carbocycles. The van der Waals surface area contributed by atoms with Gasteiger partial charge in [0, 0.05) is 0 Å². The summed E-state index contributed by atoms with van der Waals surface area (Å²) < 4.78 is 0. The Hall–Kier alpha value is -0.886. The third kappa shape index (κ3) is 3.01. The molecule has 0 saturated heterocycles. The summed E-state index contributed by atoms with van der Waals surface area (Å²) in [5, 5.41) is 0. The van der Waals surface area contributed by atoms with Crippen molar-refractivity contribution in [1.82, 2.24) is 0 Å². The molecule has 0 spiro atoms. The van der Waals surface area contributed by atoms with Crippen molar-refractivity contribution in [2.45, 2.75) is 11.8 Å². The third-order valence-corrected chi connectivity index (χ3v) is 4.09. The predicted molar refractivity (Wildman–Crippen MR) is 80.7 cm³/mol. The van der Waals surface area contributed by atoms with E-state index in [9.17, 15) is 0 Å². The maximum absolute atomic E-state index is 2.45. The second kappa shape index (κ2) is 6.92. The maximum Gasteiger partial charge on any atom is 2.00 e. The molecular weight excluding hydrogens is 356 g/mol. The van der Waals surface area contributed by atoms with Crippen LogP contribution in [0.2, 0.25) is 0 Å². The van der Waals surface area contributed by atoms with Crippen molar-refractivity contribution in [3.8, 4) is 0 Å². The first-order chi connectivity index (χ1) is 9.42. The van der Waals surface area contributed by atoms with Gasteiger partial charge in [-0.15, -0.1) is 24.0 Å². The van der Waals surface area contributed by atoms with Crippen LogP contribution >= 0.6 is 0 Å². The van der Waals surface area contributed by atoms with Crippen molar-refractivity contribution in [3.63, 3.8) is 0 Å². The standard InChI is InChI=1S/C19H15.BrH.Ti/c1-3-7-18-14(5-1)9-11-16(18)13-17-12-10-15-6-2-4-8-19(15)17;;/h1-13,16-17H;1H;/q-1;;+2/p-1. The summed E-state index contributed by atoms with van der Waals surface area (Å²) in [6, 6.07) is 17.3. The van der Waals surface area contributed by atoms with Gasteiger partial charge in [0.25, 0.3) is 0 Å². The minimum atomic E-state index is 0. The number of allylic oxidation sites excluding steroid dienone is 2. The van der Waals surface area contributed by atoms with Gasteiger partial charge in [-0.1, -0.05) is 71.8 Å². The molecule has 0 nitrogen and oxygen atoms in total. The fourth-order valence-electron chi connectivity index (χ4n) is 3.11. The van der Waals surface area contributed by atoms with Crippen LogP contribution in [-0.4, -0.2) is 0 Å². The zero-order valence-corrected chi connectivity index (χ0v) is 14.7. The van der Waals surface area contributed by atoms with Crippen LogP contribution in [-0.2, 0) is 21.7 Å². The minimum absolute atomic E-state index is 0. The van der Waals surface area contributed by atoms with E-state index in [2.05, 4.69) is 79.3 Å². The molecule has 102 valence electrons. The van der Waals surface area contributed by atoms with Crippen molar-refractivity contribution < 1.29 is 38.7 Å². The van der Waals surface area contributed by atoms with E-state index in [-0.39, 0.29) is 38.7 Å². The van der Waals surface area contributed by atoms with Crippen LogP contribution < -0.4 is 17.0 Å². The molecule has 2 aromatic carbocycles. The normalized spacial score (nSPS) is 20.4. The van der Waals surface area contributed by atoms with Gasteiger partial charge in [0.2, 0.25) is 0 Å². The predicted octanol–water partition coefficient (Wildman–Crippen LogP) is 1.81. The summed E-state index contributed by atoms with van der Waals surface area (Å²) in [4.78, 5) is 0. The molecule has 0 aromatic heterocycles. The molecule has 2 atom stereocenters. The Labute approximate surface area is 151 Å². The van der Waals surface area contributed by atoms with E-state index < -0.39 is 0 Å². The van der Waals surface area contributed by atoms with E-state index in [4.69, 9.17) is 0 Å². The number of benzene rings is 2. The van der Waals surface area contributed by atoms with Gasteiger partial charge in [-0.2, -0.15) is 0 Å². The molecule has 2 unspecified atom stereocenters. The van der Waals surface area contributed by atoms with Crippen molar-refractivity contribution in [1.29, 1.82) is 0 Å². The van der Waals surface area contributed by atoms with Gasteiger partial charge in [-0.25, -0.2) is 0 Å². The molecular formula is C19H15BrTi. The van der Waals surface area contributed by atoms with Gasteiger partial charge in [0.15, 0.2) is 0 Å². The van der Waals surface area contributed by atoms with Crippen molar-refractivity contribution in [3.05, 3.63) is 89.4 Å². The van der Waals surface area contributed by atoms with E-state index in [1.807, 2.05) is 0 Å². The quantitative estimate of drug-likeness (QED) is 0.558. The first-order valence-electron chi connectivity index (χ1n) is 6.81. The smallest absolute Gasteiger partial charge is 1.00 e. The molecule has 4 rings (SSSR count). The van der Waals surface area contributed by atoms with Crippen molar-refractivity contribution in [2.24, 2.45) is 0 Å². The van der Waals surface area contributed by atoms with Gasteiger partial charge >= 0.3 is 21.7 Å². The molecule has 2 aromatic rings. The summed E-state index contributed by atoms with van der Waals surface area (Å²) in [5.74, 6) is 0.883. The molecule has 0 amide bonds. The summed E-state index contributed by atoms with van der Waals surface area (Å²) in [5.41, 5.74) is 5.58. The molecule has 0 aliphatic heterocycles. The van der Waals surface area contributed by atoms with Gasteiger partial charge in [0.1, 0.15) is 0 Å². The number of halogens is 1. The zero-order chi connectivity index (χ0) is 12.7. The van der Waals surface area contributed by atoms with Crippen LogP contribution in [0.3, 0.4) is 0 Å². The third-order valence-electron chi connectivity index (χ3n) is 4.09. The summed E-state index contributed by atoms with van der Waals surface area (Å²) in [6.07, 6.45) is 11.5. The molecule has 2 heteroatoms. The largest absolute Gasteiger partial charge is 2.00 e. The molecule has 2 aliphatic rings. The fraction of sp³-hybridized carbons (Fsp3) is 0.105. The fourth-order valence-corrected chi connectivity index (χ4v) is 3.11. The molecule has 0 N–H and O–H groups in total. The Balaban J connectivity index is 0.000000807. The van der Waals surface area contributed by atoms with Crippen LogP contribution in [0.5, 0.6) is 0 Å². The van der Waals surface area contributed by atoms with E-state index >= 15 is 0 Å². The Morgan fingerprint density at radius 2 is 1.10 bits per heavy atom. The van der Waals surface area contributed by atoms with Crippen LogP contribution in [0.4, 0.5) is 0 Å².